The van der Waals surface area contributed by atoms with Crippen LogP contribution in [0.2, 0.25) is 0 Å². The Morgan fingerprint density at radius 2 is 1.75 bits per heavy atom. The van der Waals surface area contributed by atoms with Crippen molar-refractivity contribution in [1.82, 2.24) is 10.4 Å². The van der Waals surface area contributed by atoms with Crippen LogP contribution in [0.15, 0.2) is 99.9 Å². The molecular weight excluding hydrogens is 638 g/mol. The van der Waals surface area contributed by atoms with Crippen LogP contribution in [-0.2, 0) is 4.79 Å². The predicted octanol–water partition coefficient (Wildman–Crippen LogP) is 8.02. The normalized spacial score (nSPS) is 10.9. The summed E-state index contributed by atoms with van der Waals surface area (Å²) in [5, 5.41) is 13.1. The van der Waals surface area contributed by atoms with Crippen molar-refractivity contribution in [3.05, 3.63) is 123 Å². The Balaban J connectivity index is 1.11. The van der Waals surface area contributed by atoms with Crippen LogP contribution >= 0.6 is 27.3 Å². The number of carbonyl (C=O) groups excluding carboxylic acids is 2. The number of ether oxygens (including phenoxy) is 1. The SMILES string of the molecule is Cc1ccc(Nc2nc(-c3ccc(C(=O)N/N=C/c4ccc(OCC(=O)Nc5cccc(C)c5C)c(Br)c4)cc3)cs2)cc1. The van der Waals surface area contributed by atoms with Gasteiger partial charge in [-0.25, -0.2) is 10.4 Å². The van der Waals surface area contributed by atoms with E-state index in [-0.39, 0.29) is 18.4 Å². The van der Waals surface area contributed by atoms with E-state index in [1.54, 1.807) is 30.3 Å². The van der Waals surface area contributed by atoms with Gasteiger partial charge in [-0.2, -0.15) is 5.10 Å². The predicted molar refractivity (Wildman–Crippen MR) is 181 cm³/mol. The first-order valence-electron chi connectivity index (χ1n) is 13.8. The average Bonchev–Trinajstić information content (AvgIpc) is 3.49. The number of hydrogen-bond donors (Lipinski definition) is 3. The number of rotatable bonds is 10. The van der Waals surface area contributed by atoms with E-state index in [9.17, 15) is 9.59 Å². The van der Waals surface area contributed by atoms with E-state index >= 15 is 0 Å². The number of aryl methyl sites for hydroxylation is 2. The summed E-state index contributed by atoms with van der Waals surface area (Å²) in [6.45, 7) is 5.88. The Morgan fingerprint density at radius 1 is 0.977 bits per heavy atom. The number of thiazole rings is 1. The van der Waals surface area contributed by atoms with Crippen LogP contribution < -0.4 is 20.8 Å². The number of benzene rings is 4. The number of nitrogens with one attached hydrogen (secondary N) is 3. The first-order chi connectivity index (χ1) is 21.2. The molecule has 5 aromatic rings. The van der Waals surface area contributed by atoms with E-state index < -0.39 is 0 Å². The third kappa shape index (κ3) is 7.97. The number of aromatic nitrogens is 1. The number of amides is 2. The minimum absolute atomic E-state index is 0.137. The van der Waals surface area contributed by atoms with Crippen molar-refractivity contribution >= 4 is 61.8 Å². The minimum atomic E-state index is -0.332. The lowest BCUT2D eigenvalue weighted by atomic mass is 10.1. The summed E-state index contributed by atoms with van der Waals surface area (Å²) in [5.74, 6) is -0.0688. The summed E-state index contributed by atoms with van der Waals surface area (Å²) in [7, 11) is 0. The zero-order valence-electron chi connectivity index (χ0n) is 24.4. The molecule has 0 atom stereocenters. The van der Waals surface area contributed by atoms with E-state index in [1.165, 1.54) is 23.1 Å². The quantitative estimate of drug-likeness (QED) is 0.103. The van der Waals surface area contributed by atoms with E-state index in [1.807, 2.05) is 73.8 Å². The number of nitrogens with zero attached hydrogens (tertiary/aromatic N) is 2. The first-order valence-corrected chi connectivity index (χ1v) is 15.4. The van der Waals surface area contributed by atoms with Crippen molar-refractivity contribution in [2.75, 3.05) is 17.2 Å². The molecule has 0 aliphatic carbocycles. The van der Waals surface area contributed by atoms with Gasteiger partial charge in [-0.05, 0) is 102 Å². The molecule has 0 aliphatic rings. The fourth-order valence-electron chi connectivity index (χ4n) is 4.18. The second-order valence-electron chi connectivity index (χ2n) is 10.1. The average molecular weight is 669 g/mol. The molecule has 222 valence electrons. The van der Waals surface area contributed by atoms with Gasteiger partial charge < -0.3 is 15.4 Å². The van der Waals surface area contributed by atoms with E-state index in [4.69, 9.17) is 4.74 Å². The molecule has 0 saturated heterocycles. The van der Waals surface area contributed by atoms with Crippen molar-refractivity contribution in [3.8, 4) is 17.0 Å². The molecule has 0 spiro atoms. The van der Waals surface area contributed by atoms with Crippen LogP contribution in [0.1, 0.15) is 32.6 Å². The van der Waals surface area contributed by atoms with Crippen LogP contribution in [0.4, 0.5) is 16.5 Å². The molecule has 1 aromatic heterocycles. The second kappa shape index (κ2) is 14.1. The maximum Gasteiger partial charge on any atom is 0.271 e. The molecule has 8 nitrogen and oxygen atoms in total. The van der Waals surface area contributed by atoms with Crippen molar-refractivity contribution in [2.24, 2.45) is 5.10 Å². The van der Waals surface area contributed by atoms with Crippen molar-refractivity contribution in [1.29, 1.82) is 0 Å². The molecule has 0 aliphatic heterocycles. The number of halogens is 1. The number of carbonyl (C=O) groups is 2. The van der Waals surface area contributed by atoms with Gasteiger partial charge in [-0.3, -0.25) is 9.59 Å². The van der Waals surface area contributed by atoms with Crippen molar-refractivity contribution < 1.29 is 14.3 Å². The van der Waals surface area contributed by atoms with E-state index in [2.05, 4.69) is 49.0 Å². The van der Waals surface area contributed by atoms with Gasteiger partial charge in [0, 0.05) is 27.9 Å². The highest BCUT2D eigenvalue weighted by atomic mass is 79.9. The Morgan fingerprint density at radius 3 is 2.50 bits per heavy atom. The Bertz CT molecular complexity index is 1820. The molecule has 0 fully saturated rings. The fourth-order valence-corrected chi connectivity index (χ4v) is 5.43. The summed E-state index contributed by atoms with van der Waals surface area (Å²) in [6.07, 6.45) is 1.53. The highest BCUT2D eigenvalue weighted by Gasteiger charge is 2.10. The number of anilines is 3. The molecule has 3 N–H and O–H groups in total. The zero-order chi connectivity index (χ0) is 31.1. The Kier molecular flexibility index (Phi) is 9.83. The van der Waals surface area contributed by atoms with E-state index in [0.29, 0.717) is 15.8 Å². The largest absolute Gasteiger partial charge is 0.483 e. The molecule has 0 bridgehead atoms. The molecule has 2 amide bonds. The van der Waals surface area contributed by atoms with Gasteiger partial charge in [0.15, 0.2) is 11.7 Å². The van der Waals surface area contributed by atoms with Gasteiger partial charge in [0.25, 0.3) is 11.8 Å². The fraction of sp³-hybridized carbons (Fsp3) is 0.118. The topological polar surface area (TPSA) is 105 Å². The lowest BCUT2D eigenvalue weighted by molar-refractivity contribution is -0.118. The van der Waals surface area contributed by atoms with Crippen LogP contribution in [-0.4, -0.2) is 29.6 Å². The lowest BCUT2D eigenvalue weighted by Gasteiger charge is -2.12. The summed E-state index contributed by atoms with van der Waals surface area (Å²) >= 11 is 5.00. The monoisotopic (exact) mass is 667 g/mol. The molecule has 4 aromatic carbocycles. The van der Waals surface area contributed by atoms with Gasteiger partial charge in [-0.1, -0.05) is 42.0 Å². The zero-order valence-corrected chi connectivity index (χ0v) is 26.8. The van der Waals surface area contributed by atoms with Gasteiger partial charge in [0.1, 0.15) is 5.75 Å². The highest BCUT2D eigenvalue weighted by Crippen LogP contribution is 2.28. The van der Waals surface area contributed by atoms with Gasteiger partial charge in [-0.15, -0.1) is 11.3 Å². The first kappa shape index (κ1) is 30.7. The minimum Gasteiger partial charge on any atom is -0.483 e. The van der Waals surface area contributed by atoms with Crippen molar-refractivity contribution in [2.45, 2.75) is 20.8 Å². The van der Waals surface area contributed by atoms with Crippen LogP contribution in [0.5, 0.6) is 5.75 Å². The van der Waals surface area contributed by atoms with Crippen molar-refractivity contribution in [3.63, 3.8) is 0 Å². The Hall–Kier alpha value is -4.80. The van der Waals surface area contributed by atoms with Gasteiger partial charge in [0.2, 0.25) is 0 Å². The molecule has 5 rings (SSSR count). The highest BCUT2D eigenvalue weighted by molar-refractivity contribution is 9.10. The summed E-state index contributed by atoms with van der Waals surface area (Å²) in [6, 6.07) is 26.4. The smallest absolute Gasteiger partial charge is 0.271 e. The number of hydrogen-bond acceptors (Lipinski definition) is 7. The third-order valence-electron chi connectivity index (χ3n) is 6.82. The molecule has 0 saturated carbocycles. The molecule has 0 unspecified atom stereocenters. The third-order valence-corrected chi connectivity index (χ3v) is 8.20. The molecule has 1 heterocycles. The molecular formula is C34H30BrN5O3S. The molecule has 10 heteroatoms. The lowest BCUT2D eigenvalue weighted by Crippen LogP contribution is -2.21. The van der Waals surface area contributed by atoms with Crippen LogP contribution in [0.25, 0.3) is 11.3 Å². The summed E-state index contributed by atoms with van der Waals surface area (Å²) < 4.78 is 6.34. The summed E-state index contributed by atoms with van der Waals surface area (Å²) in [5.41, 5.74) is 10.6. The Labute approximate surface area is 268 Å². The van der Waals surface area contributed by atoms with Crippen LogP contribution in [0, 0.1) is 20.8 Å². The second-order valence-corrected chi connectivity index (χ2v) is 11.8. The van der Waals surface area contributed by atoms with Crippen LogP contribution in [0.3, 0.4) is 0 Å². The van der Waals surface area contributed by atoms with Gasteiger partial charge >= 0.3 is 0 Å². The maximum absolute atomic E-state index is 12.6. The van der Waals surface area contributed by atoms with Gasteiger partial charge in [0.05, 0.1) is 16.4 Å². The number of hydrazone groups is 1. The van der Waals surface area contributed by atoms with E-state index in [0.717, 1.165) is 44.5 Å². The standard InChI is InChI=1S/C34H30BrN5O3S/c1-21-7-14-27(15-8-21)37-34-39-30(20-44-34)25-10-12-26(13-11-25)33(42)40-36-18-24-9-16-31(28(35)17-24)43-19-32(41)38-29-6-4-5-22(2)23(29)3/h4-18,20H,19H2,1-3H3,(H,37,39)(H,38,41)(H,40,42)/b36-18+. The molecule has 44 heavy (non-hydrogen) atoms. The molecule has 0 radical (unpaired) electrons. The summed E-state index contributed by atoms with van der Waals surface area (Å²) in [4.78, 5) is 29.7. The maximum atomic E-state index is 12.6.